The normalized spacial score (nSPS) is 10.8. The minimum absolute atomic E-state index is 0.0292. The Labute approximate surface area is 179 Å². The van der Waals surface area contributed by atoms with Gasteiger partial charge in [0, 0.05) is 17.8 Å². The zero-order valence-corrected chi connectivity index (χ0v) is 18.2. The summed E-state index contributed by atoms with van der Waals surface area (Å²) in [5, 5.41) is 19.4. The molecule has 2 aromatic heterocycles. The third kappa shape index (κ3) is 5.13. The number of hydrogen-bond donors (Lipinski definition) is 1. The van der Waals surface area contributed by atoms with E-state index in [0.29, 0.717) is 16.0 Å². The third-order valence-corrected chi connectivity index (χ3v) is 4.92. The number of carbonyl (C=O) groups is 1. The molecule has 0 aliphatic carbocycles. The van der Waals surface area contributed by atoms with Gasteiger partial charge in [-0.2, -0.15) is 10.4 Å². The Kier molecular flexibility index (Phi) is 7.50. The lowest BCUT2D eigenvalue weighted by atomic mass is 10.1. The van der Waals surface area contributed by atoms with Crippen molar-refractivity contribution in [1.82, 2.24) is 14.8 Å². The highest BCUT2D eigenvalue weighted by Gasteiger charge is 2.19. The summed E-state index contributed by atoms with van der Waals surface area (Å²) in [6.07, 6.45) is 2.70. The lowest BCUT2D eigenvalue weighted by Gasteiger charge is -2.09. The molecule has 0 spiro atoms. The maximum absolute atomic E-state index is 12.0. The fourth-order valence-corrected chi connectivity index (χ4v) is 3.61. The van der Waals surface area contributed by atoms with Gasteiger partial charge in [0.1, 0.15) is 16.5 Å². The first-order valence-corrected chi connectivity index (χ1v) is 10.9. The number of sulfonamides is 1. The second-order valence-electron chi connectivity index (χ2n) is 5.79. The lowest BCUT2D eigenvalue weighted by Crippen LogP contribution is -2.14. The van der Waals surface area contributed by atoms with Crippen LogP contribution in [0.25, 0.3) is 10.9 Å². The van der Waals surface area contributed by atoms with Crippen molar-refractivity contribution in [3.63, 3.8) is 0 Å². The fraction of sp³-hybridized carbons (Fsp3) is 0.263. The standard InChI is InChI=1S/C17H14ClN5O4S.C2H6/c1-2-27-17(24)13-9-23(22-14(13)6-19)8-10-3-11-5-12(18)7-21-16(11)15(4-10)28(20,25)26;1-2/h3-5,7,9H,2,8H2,1H3,(H2,20,25,26);1-2H3. The molecule has 0 aliphatic rings. The molecule has 0 unspecified atom stereocenters. The quantitative estimate of drug-likeness (QED) is 0.590. The van der Waals surface area contributed by atoms with E-state index in [9.17, 15) is 18.5 Å². The molecular formula is C19H20ClN5O4S. The van der Waals surface area contributed by atoms with Crippen molar-refractivity contribution < 1.29 is 17.9 Å². The van der Waals surface area contributed by atoms with Gasteiger partial charge < -0.3 is 4.74 Å². The molecule has 0 radical (unpaired) electrons. The van der Waals surface area contributed by atoms with Gasteiger partial charge in [-0.1, -0.05) is 25.4 Å². The molecule has 0 saturated heterocycles. The first-order valence-electron chi connectivity index (χ1n) is 8.98. The lowest BCUT2D eigenvalue weighted by molar-refractivity contribution is 0.0526. The number of primary sulfonamides is 1. The zero-order valence-electron chi connectivity index (χ0n) is 16.6. The van der Waals surface area contributed by atoms with E-state index in [1.54, 1.807) is 19.1 Å². The first kappa shape index (κ1) is 23.3. The van der Waals surface area contributed by atoms with Crippen LogP contribution in [-0.2, 0) is 21.3 Å². The van der Waals surface area contributed by atoms with Gasteiger partial charge in [0.15, 0.2) is 5.69 Å². The molecule has 3 rings (SSSR count). The molecule has 0 fully saturated rings. The van der Waals surface area contributed by atoms with Gasteiger partial charge in [-0.15, -0.1) is 0 Å². The average Bonchev–Trinajstić information content (AvgIpc) is 3.11. The number of benzene rings is 1. The molecule has 0 saturated carbocycles. The van der Waals surface area contributed by atoms with Crippen LogP contribution in [0.3, 0.4) is 0 Å². The van der Waals surface area contributed by atoms with E-state index in [4.69, 9.17) is 21.5 Å². The Morgan fingerprint density at radius 3 is 2.63 bits per heavy atom. The minimum atomic E-state index is -4.05. The number of ether oxygens (including phenoxy) is 1. The predicted molar refractivity (Wildman–Crippen MR) is 111 cm³/mol. The second kappa shape index (κ2) is 9.67. The van der Waals surface area contributed by atoms with Crippen LogP contribution in [0.1, 0.15) is 42.4 Å². The molecule has 1 aromatic carbocycles. The minimum Gasteiger partial charge on any atom is -0.462 e. The SMILES string of the molecule is CC.CCOC(=O)c1cn(Cc2cc(S(N)(=O)=O)c3ncc(Cl)cc3c2)nc1C#N. The largest absolute Gasteiger partial charge is 0.462 e. The smallest absolute Gasteiger partial charge is 0.342 e. The average molecular weight is 450 g/mol. The summed E-state index contributed by atoms with van der Waals surface area (Å²) in [5.74, 6) is -0.662. The number of halogens is 1. The Morgan fingerprint density at radius 2 is 2.03 bits per heavy atom. The summed E-state index contributed by atoms with van der Waals surface area (Å²) in [6.45, 7) is 5.89. The third-order valence-electron chi connectivity index (χ3n) is 3.79. The van der Waals surface area contributed by atoms with Crippen LogP contribution in [0.5, 0.6) is 0 Å². The molecule has 158 valence electrons. The molecule has 30 heavy (non-hydrogen) atoms. The van der Waals surface area contributed by atoms with Gasteiger partial charge >= 0.3 is 5.97 Å². The zero-order chi connectivity index (χ0) is 22.5. The van der Waals surface area contributed by atoms with Gasteiger partial charge in [0.2, 0.25) is 10.0 Å². The number of rotatable bonds is 5. The van der Waals surface area contributed by atoms with Gasteiger partial charge in [0.25, 0.3) is 0 Å². The summed E-state index contributed by atoms with van der Waals surface area (Å²) < 4.78 is 30.2. The Bertz CT molecular complexity index is 1230. The number of fused-ring (bicyclic) bond motifs is 1. The topological polar surface area (TPSA) is 141 Å². The van der Waals surface area contributed by atoms with Crippen molar-refractivity contribution in [3.8, 4) is 6.07 Å². The van der Waals surface area contributed by atoms with Gasteiger partial charge in [0.05, 0.1) is 23.7 Å². The molecule has 11 heteroatoms. The molecule has 0 atom stereocenters. The van der Waals surface area contributed by atoms with Crippen molar-refractivity contribution in [3.05, 3.63) is 52.4 Å². The van der Waals surface area contributed by atoms with Gasteiger partial charge in [-0.3, -0.25) is 9.67 Å². The van der Waals surface area contributed by atoms with E-state index < -0.39 is 16.0 Å². The van der Waals surface area contributed by atoms with Crippen molar-refractivity contribution in [2.24, 2.45) is 5.14 Å². The van der Waals surface area contributed by atoms with E-state index >= 15 is 0 Å². The number of nitriles is 1. The molecular weight excluding hydrogens is 430 g/mol. The highest BCUT2D eigenvalue weighted by molar-refractivity contribution is 7.89. The fourth-order valence-electron chi connectivity index (χ4n) is 2.69. The van der Waals surface area contributed by atoms with E-state index in [1.807, 2.05) is 19.9 Å². The van der Waals surface area contributed by atoms with Crippen molar-refractivity contribution >= 4 is 38.5 Å². The molecule has 2 N–H and O–H groups in total. The van der Waals surface area contributed by atoms with Crippen molar-refractivity contribution in [1.29, 1.82) is 5.26 Å². The monoisotopic (exact) mass is 449 g/mol. The van der Waals surface area contributed by atoms with Crippen LogP contribution >= 0.6 is 11.6 Å². The van der Waals surface area contributed by atoms with E-state index in [1.165, 1.54) is 23.1 Å². The first-order chi connectivity index (χ1) is 14.2. The number of hydrogen-bond acceptors (Lipinski definition) is 7. The summed E-state index contributed by atoms with van der Waals surface area (Å²) in [7, 11) is -4.05. The molecule has 9 nitrogen and oxygen atoms in total. The second-order valence-corrected chi connectivity index (χ2v) is 7.75. The number of carbonyl (C=O) groups excluding carboxylic acids is 1. The number of pyridine rings is 1. The molecule has 0 bridgehead atoms. The maximum atomic E-state index is 12.0. The Hall–Kier alpha value is -3.00. The Morgan fingerprint density at radius 1 is 1.33 bits per heavy atom. The highest BCUT2D eigenvalue weighted by Crippen LogP contribution is 2.25. The summed E-state index contributed by atoms with van der Waals surface area (Å²) in [4.78, 5) is 15.8. The summed E-state index contributed by atoms with van der Waals surface area (Å²) in [5.41, 5.74) is 0.654. The highest BCUT2D eigenvalue weighted by atomic mass is 35.5. The predicted octanol–water partition coefficient (Wildman–Crippen LogP) is 2.85. The Balaban J connectivity index is 0.00000155. The van der Waals surface area contributed by atoms with E-state index in [0.717, 1.165) is 0 Å². The van der Waals surface area contributed by atoms with Crippen LogP contribution in [0.2, 0.25) is 5.02 Å². The van der Waals surface area contributed by atoms with Gasteiger partial charge in [-0.25, -0.2) is 18.4 Å². The summed E-state index contributed by atoms with van der Waals surface area (Å²) in [6, 6.07) is 6.46. The molecule has 0 amide bonds. The number of aromatic nitrogens is 3. The summed E-state index contributed by atoms with van der Waals surface area (Å²) >= 11 is 5.96. The molecule has 0 aliphatic heterocycles. The van der Waals surface area contributed by atoms with E-state index in [-0.39, 0.29) is 34.8 Å². The molecule has 3 aromatic rings. The van der Waals surface area contributed by atoms with Gasteiger partial charge in [-0.05, 0) is 30.7 Å². The number of nitrogens with two attached hydrogens (primary N) is 1. The van der Waals surface area contributed by atoms with Crippen LogP contribution in [-0.4, -0.2) is 35.8 Å². The van der Waals surface area contributed by atoms with Crippen molar-refractivity contribution in [2.75, 3.05) is 6.61 Å². The van der Waals surface area contributed by atoms with Crippen LogP contribution in [0, 0.1) is 11.3 Å². The molecule has 2 heterocycles. The number of esters is 1. The maximum Gasteiger partial charge on any atom is 0.342 e. The van der Waals surface area contributed by atoms with E-state index in [2.05, 4.69) is 10.1 Å². The van der Waals surface area contributed by atoms with Crippen LogP contribution in [0.4, 0.5) is 0 Å². The van der Waals surface area contributed by atoms with Crippen molar-refractivity contribution in [2.45, 2.75) is 32.2 Å². The van der Waals surface area contributed by atoms with Crippen LogP contribution < -0.4 is 5.14 Å². The van der Waals surface area contributed by atoms with Crippen LogP contribution in [0.15, 0.2) is 35.5 Å². The number of nitrogens with zero attached hydrogens (tertiary/aromatic N) is 4.